The third-order valence-electron chi connectivity index (χ3n) is 1.21. The van der Waals surface area contributed by atoms with Crippen LogP contribution in [0.3, 0.4) is 0 Å². The van der Waals surface area contributed by atoms with Gasteiger partial charge in [0.15, 0.2) is 0 Å². The number of nitrogen functional groups attached to an aromatic ring is 1. The summed E-state index contributed by atoms with van der Waals surface area (Å²) in [5.74, 6) is 0. The molecule has 0 aliphatic rings. The Labute approximate surface area is 68.8 Å². The van der Waals surface area contributed by atoms with Gasteiger partial charge < -0.3 is 10.5 Å². The SMILES string of the molecule is Nc1csc(CCOC=O)c1. The van der Waals surface area contributed by atoms with Crippen molar-refractivity contribution in [2.75, 3.05) is 12.3 Å². The van der Waals surface area contributed by atoms with E-state index in [-0.39, 0.29) is 0 Å². The normalized spacial score (nSPS) is 9.45. The third kappa shape index (κ3) is 2.59. The van der Waals surface area contributed by atoms with Gasteiger partial charge in [-0.05, 0) is 6.07 Å². The number of rotatable bonds is 4. The molecule has 0 spiro atoms. The Hall–Kier alpha value is -1.03. The number of carbonyl (C=O) groups is 1. The van der Waals surface area contributed by atoms with Crippen LogP contribution in [0.15, 0.2) is 11.4 Å². The van der Waals surface area contributed by atoms with Gasteiger partial charge >= 0.3 is 0 Å². The number of hydrogen-bond acceptors (Lipinski definition) is 4. The van der Waals surface area contributed by atoms with E-state index >= 15 is 0 Å². The Balaban J connectivity index is 2.32. The van der Waals surface area contributed by atoms with Crippen molar-refractivity contribution in [2.24, 2.45) is 0 Å². The summed E-state index contributed by atoms with van der Waals surface area (Å²) in [7, 11) is 0. The van der Waals surface area contributed by atoms with Gasteiger partial charge in [0, 0.05) is 22.4 Å². The standard InChI is InChI=1S/C7H9NO2S/c8-6-3-7(11-4-6)1-2-10-5-9/h3-5H,1-2,8H2. The van der Waals surface area contributed by atoms with Crippen LogP contribution in [-0.2, 0) is 16.0 Å². The number of hydrogen-bond donors (Lipinski definition) is 1. The highest BCUT2D eigenvalue weighted by Crippen LogP contribution is 2.16. The minimum atomic E-state index is 0.434. The van der Waals surface area contributed by atoms with E-state index in [1.807, 2.05) is 11.4 Å². The molecule has 0 bridgehead atoms. The van der Waals surface area contributed by atoms with Gasteiger partial charge in [0.1, 0.15) is 0 Å². The number of carbonyl (C=O) groups excluding carboxylic acids is 1. The Kier molecular flexibility index (Phi) is 2.92. The second-order valence-electron chi connectivity index (χ2n) is 2.06. The van der Waals surface area contributed by atoms with E-state index < -0.39 is 0 Å². The van der Waals surface area contributed by atoms with E-state index in [9.17, 15) is 4.79 Å². The highest BCUT2D eigenvalue weighted by molar-refractivity contribution is 7.10. The maximum Gasteiger partial charge on any atom is 0.293 e. The van der Waals surface area contributed by atoms with Crippen molar-refractivity contribution in [3.63, 3.8) is 0 Å². The van der Waals surface area contributed by atoms with E-state index in [4.69, 9.17) is 5.73 Å². The summed E-state index contributed by atoms with van der Waals surface area (Å²) in [6.07, 6.45) is 0.751. The highest BCUT2D eigenvalue weighted by Gasteiger charge is 1.95. The average Bonchev–Trinajstić information content (AvgIpc) is 2.37. The highest BCUT2D eigenvalue weighted by atomic mass is 32.1. The van der Waals surface area contributed by atoms with Crippen LogP contribution >= 0.6 is 11.3 Å². The van der Waals surface area contributed by atoms with Gasteiger partial charge in [0.05, 0.1) is 6.61 Å². The lowest BCUT2D eigenvalue weighted by Crippen LogP contribution is -1.94. The molecule has 0 atom stereocenters. The lowest BCUT2D eigenvalue weighted by Gasteiger charge is -1.93. The van der Waals surface area contributed by atoms with Gasteiger partial charge in [-0.2, -0.15) is 0 Å². The molecule has 4 heteroatoms. The molecule has 0 aliphatic heterocycles. The molecule has 2 N–H and O–H groups in total. The molecule has 0 radical (unpaired) electrons. The predicted octanol–water partition coefficient (Wildman–Crippen LogP) is 1.05. The quantitative estimate of drug-likeness (QED) is 0.544. The van der Waals surface area contributed by atoms with Gasteiger partial charge in [0.25, 0.3) is 6.47 Å². The monoisotopic (exact) mass is 171 g/mol. The fraction of sp³-hybridized carbons (Fsp3) is 0.286. The van der Waals surface area contributed by atoms with E-state index in [1.165, 1.54) is 0 Å². The van der Waals surface area contributed by atoms with Crippen molar-refractivity contribution in [3.8, 4) is 0 Å². The molecule has 0 saturated carbocycles. The molecule has 1 heterocycles. The summed E-state index contributed by atoms with van der Waals surface area (Å²) in [5, 5.41) is 1.87. The number of anilines is 1. The van der Waals surface area contributed by atoms with Crippen LogP contribution < -0.4 is 5.73 Å². The summed E-state index contributed by atoms with van der Waals surface area (Å²) >= 11 is 1.58. The molecule has 0 unspecified atom stereocenters. The number of thiophene rings is 1. The van der Waals surface area contributed by atoms with Crippen molar-refractivity contribution < 1.29 is 9.53 Å². The summed E-state index contributed by atoms with van der Waals surface area (Å²) in [6.45, 7) is 0.889. The summed E-state index contributed by atoms with van der Waals surface area (Å²) in [4.78, 5) is 10.9. The van der Waals surface area contributed by atoms with E-state index in [2.05, 4.69) is 4.74 Å². The van der Waals surface area contributed by atoms with E-state index in [0.717, 1.165) is 17.0 Å². The van der Waals surface area contributed by atoms with E-state index in [1.54, 1.807) is 11.3 Å². The maximum atomic E-state index is 9.76. The van der Waals surface area contributed by atoms with Crippen LogP contribution in [0.1, 0.15) is 4.88 Å². The molecular formula is C7H9NO2S. The van der Waals surface area contributed by atoms with Crippen LogP contribution in [0.2, 0.25) is 0 Å². The van der Waals surface area contributed by atoms with E-state index in [0.29, 0.717) is 13.1 Å². The largest absolute Gasteiger partial charge is 0.468 e. The molecule has 60 valence electrons. The molecule has 0 aliphatic carbocycles. The maximum absolute atomic E-state index is 9.76. The number of ether oxygens (including phenoxy) is 1. The molecule has 1 aromatic rings. The van der Waals surface area contributed by atoms with Crippen molar-refractivity contribution >= 4 is 23.5 Å². The molecule has 1 rings (SSSR count). The lowest BCUT2D eigenvalue weighted by atomic mass is 10.3. The zero-order valence-electron chi connectivity index (χ0n) is 5.95. The Morgan fingerprint density at radius 1 is 1.73 bits per heavy atom. The van der Waals surface area contributed by atoms with Crippen LogP contribution in [-0.4, -0.2) is 13.1 Å². The van der Waals surface area contributed by atoms with Crippen molar-refractivity contribution in [1.82, 2.24) is 0 Å². The second kappa shape index (κ2) is 3.98. The predicted molar refractivity (Wildman–Crippen MR) is 44.5 cm³/mol. The molecule has 1 aromatic heterocycles. The van der Waals surface area contributed by atoms with Gasteiger partial charge in [-0.25, -0.2) is 0 Å². The van der Waals surface area contributed by atoms with Gasteiger partial charge in [-0.3, -0.25) is 4.79 Å². The molecular weight excluding hydrogens is 162 g/mol. The van der Waals surface area contributed by atoms with Crippen LogP contribution in [0, 0.1) is 0 Å². The molecule has 11 heavy (non-hydrogen) atoms. The van der Waals surface area contributed by atoms with Crippen LogP contribution in [0.4, 0.5) is 5.69 Å². The summed E-state index contributed by atoms with van der Waals surface area (Å²) in [5.41, 5.74) is 6.26. The average molecular weight is 171 g/mol. The Morgan fingerprint density at radius 3 is 3.09 bits per heavy atom. The second-order valence-corrected chi connectivity index (χ2v) is 3.06. The van der Waals surface area contributed by atoms with Crippen molar-refractivity contribution in [2.45, 2.75) is 6.42 Å². The minimum Gasteiger partial charge on any atom is -0.468 e. The van der Waals surface area contributed by atoms with Crippen molar-refractivity contribution in [3.05, 3.63) is 16.3 Å². The van der Waals surface area contributed by atoms with Gasteiger partial charge in [-0.1, -0.05) is 0 Å². The lowest BCUT2D eigenvalue weighted by molar-refractivity contribution is -0.128. The van der Waals surface area contributed by atoms with Crippen molar-refractivity contribution in [1.29, 1.82) is 0 Å². The first-order valence-corrected chi connectivity index (χ1v) is 4.09. The molecule has 3 nitrogen and oxygen atoms in total. The zero-order valence-corrected chi connectivity index (χ0v) is 6.76. The first kappa shape index (κ1) is 8.07. The van der Waals surface area contributed by atoms with Gasteiger partial charge in [-0.15, -0.1) is 11.3 Å². The molecule has 0 fully saturated rings. The fourth-order valence-electron chi connectivity index (χ4n) is 0.736. The molecule has 0 saturated heterocycles. The first-order chi connectivity index (χ1) is 5.33. The first-order valence-electron chi connectivity index (χ1n) is 3.21. The third-order valence-corrected chi connectivity index (χ3v) is 2.22. The zero-order chi connectivity index (χ0) is 8.10. The summed E-state index contributed by atoms with van der Waals surface area (Å²) < 4.78 is 4.53. The minimum absolute atomic E-state index is 0.434. The topological polar surface area (TPSA) is 52.3 Å². The molecule has 0 aromatic carbocycles. The summed E-state index contributed by atoms with van der Waals surface area (Å²) in [6, 6.07) is 1.89. The van der Waals surface area contributed by atoms with Gasteiger partial charge in [0.2, 0.25) is 0 Å². The van der Waals surface area contributed by atoms with Crippen LogP contribution in [0.5, 0.6) is 0 Å². The smallest absolute Gasteiger partial charge is 0.293 e. The Bertz CT molecular complexity index is 234. The fourth-order valence-corrected chi connectivity index (χ4v) is 1.50. The number of nitrogens with two attached hydrogens (primary N) is 1. The Morgan fingerprint density at radius 2 is 2.55 bits per heavy atom. The molecule has 0 amide bonds. The van der Waals surface area contributed by atoms with Crippen LogP contribution in [0.25, 0.3) is 0 Å².